The lowest BCUT2D eigenvalue weighted by Crippen LogP contribution is -2.20. The van der Waals surface area contributed by atoms with Crippen molar-refractivity contribution >= 4 is 11.8 Å². The number of esters is 1. The summed E-state index contributed by atoms with van der Waals surface area (Å²) in [5.74, 6) is -1.29. The third-order valence-corrected chi connectivity index (χ3v) is 1.33. The highest BCUT2D eigenvalue weighted by atomic mass is 16.5. The summed E-state index contributed by atoms with van der Waals surface area (Å²) in [6, 6.07) is 0. The molecule has 0 aliphatic heterocycles. The van der Waals surface area contributed by atoms with E-state index in [1.54, 1.807) is 0 Å². The van der Waals surface area contributed by atoms with Crippen LogP contribution in [0.5, 0.6) is 0 Å². The normalized spacial score (nSPS) is 9.50. The third kappa shape index (κ3) is 4.85. The summed E-state index contributed by atoms with van der Waals surface area (Å²) in [5.41, 5.74) is 5.09. The molecule has 0 heterocycles. The molecule has 0 aliphatic rings. The van der Waals surface area contributed by atoms with E-state index in [0.29, 0.717) is 6.61 Å². The topological polar surface area (TPSA) is 69.4 Å². The summed E-state index contributed by atoms with van der Waals surface area (Å²) in [6.45, 7) is 2.50. The molecule has 0 fully saturated rings. The van der Waals surface area contributed by atoms with E-state index in [0.717, 1.165) is 12.8 Å². The monoisotopic (exact) mass is 173 g/mol. The zero-order valence-corrected chi connectivity index (χ0v) is 7.34. The van der Waals surface area contributed by atoms with Gasteiger partial charge < -0.3 is 10.5 Å². The molecule has 0 atom stereocenters. The SMILES string of the molecule is CCCCOC(=O)C(=O)CCN. The van der Waals surface area contributed by atoms with Gasteiger partial charge in [-0.25, -0.2) is 4.79 Å². The summed E-state index contributed by atoms with van der Waals surface area (Å²) >= 11 is 0. The van der Waals surface area contributed by atoms with Crippen LogP contribution in [0.4, 0.5) is 0 Å². The average Bonchev–Trinajstić information content (AvgIpc) is 2.05. The minimum atomic E-state index is -0.756. The molecule has 0 rings (SSSR count). The number of carbonyl (C=O) groups is 2. The Hall–Kier alpha value is -0.900. The van der Waals surface area contributed by atoms with Crippen molar-refractivity contribution in [3.8, 4) is 0 Å². The van der Waals surface area contributed by atoms with Gasteiger partial charge >= 0.3 is 5.97 Å². The number of hydrogen-bond donors (Lipinski definition) is 1. The molecular weight excluding hydrogens is 158 g/mol. The molecule has 0 aromatic carbocycles. The lowest BCUT2D eigenvalue weighted by molar-refractivity contribution is -0.153. The van der Waals surface area contributed by atoms with Gasteiger partial charge in [-0.15, -0.1) is 0 Å². The molecule has 0 aliphatic carbocycles. The Balaban J connectivity index is 3.50. The standard InChI is InChI=1S/C8H15NO3/c1-2-3-6-12-8(11)7(10)4-5-9/h2-6,9H2,1H3. The Labute approximate surface area is 72.1 Å². The van der Waals surface area contributed by atoms with Crippen molar-refractivity contribution in [3.05, 3.63) is 0 Å². The fourth-order valence-electron chi connectivity index (χ4n) is 0.623. The van der Waals surface area contributed by atoms with E-state index >= 15 is 0 Å². The van der Waals surface area contributed by atoms with E-state index < -0.39 is 11.8 Å². The van der Waals surface area contributed by atoms with E-state index in [1.807, 2.05) is 6.92 Å². The number of carbonyl (C=O) groups excluding carboxylic acids is 2. The van der Waals surface area contributed by atoms with Gasteiger partial charge in [0.15, 0.2) is 0 Å². The molecule has 0 aromatic rings. The number of hydrogen-bond acceptors (Lipinski definition) is 4. The average molecular weight is 173 g/mol. The molecule has 4 nitrogen and oxygen atoms in total. The van der Waals surface area contributed by atoms with Crippen LogP contribution in [-0.4, -0.2) is 24.9 Å². The van der Waals surface area contributed by atoms with Crippen LogP contribution in [0.2, 0.25) is 0 Å². The minimum Gasteiger partial charge on any atom is -0.460 e. The summed E-state index contributed by atoms with van der Waals surface area (Å²) in [7, 11) is 0. The molecule has 2 N–H and O–H groups in total. The fraction of sp³-hybridized carbons (Fsp3) is 0.750. The predicted molar refractivity (Wildman–Crippen MR) is 44.5 cm³/mol. The lowest BCUT2D eigenvalue weighted by Gasteiger charge is -2.01. The van der Waals surface area contributed by atoms with Crippen LogP contribution in [0.1, 0.15) is 26.2 Å². The van der Waals surface area contributed by atoms with E-state index in [4.69, 9.17) is 5.73 Å². The molecule has 70 valence electrons. The van der Waals surface area contributed by atoms with Gasteiger partial charge in [0.2, 0.25) is 5.78 Å². The molecule has 0 unspecified atom stereocenters. The maximum Gasteiger partial charge on any atom is 0.374 e. The highest BCUT2D eigenvalue weighted by molar-refractivity contribution is 6.33. The predicted octanol–water partition coefficient (Wildman–Crippen LogP) is 0.248. The van der Waals surface area contributed by atoms with Crippen LogP contribution in [0, 0.1) is 0 Å². The Bertz CT molecular complexity index is 156. The molecule has 0 aromatic heterocycles. The van der Waals surface area contributed by atoms with Crippen LogP contribution in [-0.2, 0) is 14.3 Å². The quantitative estimate of drug-likeness (QED) is 0.355. The highest BCUT2D eigenvalue weighted by Gasteiger charge is 2.12. The van der Waals surface area contributed by atoms with Gasteiger partial charge in [-0.2, -0.15) is 0 Å². The largest absolute Gasteiger partial charge is 0.460 e. The van der Waals surface area contributed by atoms with Crippen molar-refractivity contribution in [3.63, 3.8) is 0 Å². The molecule has 12 heavy (non-hydrogen) atoms. The van der Waals surface area contributed by atoms with E-state index in [2.05, 4.69) is 4.74 Å². The van der Waals surface area contributed by atoms with Gasteiger partial charge in [0.25, 0.3) is 0 Å². The zero-order valence-electron chi connectivity index (χ0n) is 7.34. The summed E-state index contributed by atoms with van der Waals surface area (Å²) in [4.78, 5) is 21.6. The summed E-state index contributed by atoms with van der Waals surface area (Å²) in [5, 5.41) is 0. The number of ether oxygens (including phenoxy) is 1. The van der Waals surface area contributed by atoms with Crippen LogP contribution in [0.25, 0.3) is 0 Å². The van der Waals surface area contributed by atoms with Crippen molar-refractivity contribution in [2.75, 3.05) is 13.2 Å². The molecule has 0 amide bonds. The Morgan fingerprint density at radius 1 is 1.42 bits per heavy atom. The van der Waals surface area contributed by atoms with E-state index in [1.165, 1.54) is 0 Å². The molecule has 0 saturated carbocycles. The van der Waals surface area contributed by atoms with Gasteiger partial charge in [-0.3, -0.25) is 4.79 Å². The fourth-order valence-corrected chi connectivity index (χ4v) is 0.623. The van der Waals surface area contributed by atoms with Crippen LogP contribution >= 0.6 is 0 Å². The maximum atomic E-state index is 10.8. The molecule has 4 heteroatoms. The van der Waals surface area contributed by atoms with E-state index in [-0.39, 0.29) is 13.0 Å². The smallest absolute Gasteiger partial charge is 0.374 e. The van der Waals surface area contributed by atoms with Crippen molar-refractivity contribution in [2.24, 2.45) is 5.73 Å². The van der Waals surface area contributed by atoms with Crippen molar-refractivity contribution in [2.45, 2.75) is 26.2 Å². The summed E-state index contributed by atoms with van der Waals surface area (Å²) in [6.07, 6.45) is 1.81. The first-order valence-corrected chi connectivity index (χ1v) is 4.12. The van der Waals surface area contributed by atoms with Gasteiger partial charge in [0.1, 0.15) is 0 Å². The van der Waals surface area contributed by atoms with E-state index in [9.17, 15) is 9.59 Å². The summed E-state index contributed by atoms with van der Waals surface area (Å²) < 4.78 is 4.65. The van der Waals surface area contributed by atoms with Gasteiger partial charge in [0, 0.05) is 6.42 Å². The maximum absolute atomic E-state index is 10.8. The number of rotatable bonds is 6. The second-order valence-corrected chi connectivity index (χ2v) is 2.45. The molecular formula is C8H15NO3. The molecule has 0 bridgehead atoms. The molecule has 0 spiro atoms. The van der Waals surface area contributed by atoms with Crippen LogP contribution < -0.4 is 5.73 Å². The first-order valence-electron chi connectivity index (χ1n) is 4.12. The minimum absolute atomic E-state index is 0.0744. The van der Waals surface area contributed by atoms with Gasteiger partial charge in [-0.1, -0.05) is 13.3 Å². The number of ketones is 1. The first kappa shape index (κ1) is 11.1. The second kappa shape index (κ2) is 6.79. The Morgan fingerprint density at radius 2 is 2.08 bits per heavy atom. The second-order valence-electron chi connectivity index (χ2n) is 2.45. The van der Waals surface area contributed by atoms with Gasteiger partial charge in [-0.05, 0) is 13.0 Å². The molecule has 0 saturated heterocycles. The third-order valence-electron chi connectivity index (χ3n) is 1.33. The highest BCUT2D eigenvalue weighted by Crippen LogP contribution is 1.91. The number of Topliss-reactive ketones (excluding diaryl/α,β-unsaturated/α-hetero) is 1. The Morgan fingerprint density at radius 3 is 2.58 bits per heavy atom. The van der Waals surface area contributed by atoms with Crippen LogP contribution in [0.15, 0.2) is 0 Å². The molecule has 0 radical (unpaired) electrons. The number of unbranched alkanes of at least 4 members (excludes halogenated alkanes) is 1. The Kier molecular flexibility index (Phi) is 6.28. The lowest BCUT2D eigenvalue weighted by atomic mass is 10.3. The zero-order chi connectivity index (χ0) is 9.40. The number of nitrogens with two attached hydrogens (primary N) is 1. The van der Waals surface area contributed by atoms with Crippen LogP contribution in [0.3, 0.4) is 0 Å². The van der Waals surface area contributed by atoms with Crippen molar-refractivity contribution in [1.82, 2.24) is 0 Å². The van der Waals surface area contributed by atoms with Crippen molar-refractivity contribution < 1.29 is 14.3 Å². The first-order chi connectivity index (χ1) is 5.72. The van der Waals surface area contributed by atoms with Crippen molar-refractivity contribution in [1.29, 1.82) is 0 Å². The van der Waals surface area contributed by atoms with Gasteiger partial charge in [0.05, 0.1) is 6.61 Å².